The largest absolute Gasteiger partial charge is 0.479 e. The van der Waals surface area contributed by atoms with Gasteiger partial charge in [-0.1, -0.05) is 32.1 Å². The topological polar surface area (TPSA) is 77.5 Å². The van der Waals surface area contributed by atoms with Crippen LogP contribution in [0.15, 0.2) is 0 Å². The van der Waals surface area contributed by atoms with E-state index in [-0.39, 0.29) is 19.2 Å². The molecular weight excluding hydrogens is 276 g/mol. The van der Waals surface area contributed by atoms with Crippen LogP contribution < -0.4 is 0 Å². The van der Waals surface area contributed by atoms with Crippen LogP contribution in [0.3, 0.4) is 0 Å². The molecule has 1 saturated heterocycles. The number of carboxylic acid groups (broad SMARTS) is 1. The minimum absolute atomic E-state index is 0.0367. The molecule has 0 aromatic carbocycles. The number of hydrogen-bond acceptors (Lipinski definition) is 5. The monoisotopic (exact) mass is 304 g/mol. The van der Waals surface area contributed by atoms with Crippen LogP contribution in [-0.4, -0.2) is 50.1 Å². The Morgan fingerprint density at radius 2 is 1.86 bits per heavy atom. The lowest BCUT2D eigenvalue weighted by Crippen LogP contribution is -2.13. The summed E-state index contributed by atoms with van der Waals surface area (Å²) in [6.07, 6.45) is 6.82. The van der Waals surface area contributed by atoms with Crippen LogP contribution in [0.4, 0.5) is 0 Å². The zero-order chi connectivity index (χ0) is 15.5. The number of carboxylic acids is 1. The number of epoxide rings is 1. The molecule has 0 bridgehead atoms. The Labute approximate surface area is 126 Å². The van der Waals surface area contributed by atoms with Gasteiger partial charge in [0, 0.05) is 13.7 Å². The minimum Gasteiger partial charge on any atom is -0.479 e. The number of hydrogen-bond donors (Lipinski definition) is 1. The summed E-state index contributed by atoms with van der Waals surface area (Å²) in [4.78, 5) is 10.6. The fourth-order valence-corrected chi connectivity index (χ4v) is 2.11. The molecule has 1 rings (SSSR count). The number of methoxy groups -OCH3 is 1. The molecule has 6 heteroatoms. The van der Waals surface area contributed by atoms with Crippen LogP contribution in [0.25, 0.3) is 0 Å². The average Bonchev–Trinajstić information content (AvgIpc) is 3.24. The number of unbranched alkanes of at least 4 members (excludes halogenated alkanes) is 5. The summed E-state index contributed by atoms with van der Waals surface area (Å²) in [5, 5.41) is 8.68. The van der Waals surface area contributed by atoms with E-state index in [1.165, 1.54) is 12.8 Å². The molecule has 0 aliphatic carbocycles. The first-order chi connectivity index (χ1) is 10.1. The van der Waals surface area contributed by atoms with E-state index in [4.69, 9.17) is 24.1 Å². The van der Waals surface area contributed by atoms with E-state index in [0.29, 0.717) is 6.61 Å². The Hall–Kier alpha value is -0.690. The Balaban J connectivity index is 1.72. The van der Waals surface area contributed by atoms with Crippen molar-refractivity contribution in [2.75, 3.05) is 20.5 Å². The number of aliphatic carboxylic acids is 1. The van der Waals surface area contributed by atoms with Crippen molar-refractivity contribution in [2.45, 2.75) is 70.4 Å². The lowest BCUT2D eigenvalue weighted by molar-refractivity contribution is -0.174. The van der Waals surface area contributed by atoms with E-state index in [1.807, 2.05) is 6.92 Å². The summed E-state index contributed by atoms with van der Waals surface area (Å²) in [6.45, 7) is 2.82. The molecular formula is C15H28O6. The van der Waals surface area contributed by atoms with E-state index in [0.717, 1.165) is 32.1 Å². The van der Waals surface area contributed by atoms with Crippen molar-refractivity contribution >= 4 is 5.97 Å². The first kappa shape index (κ1) is 18.4. The second-order valence-corrected chi connectivity index (χ2v) is 5.34. The molecule has 1 heterocycles. The van der Waals surface area contributed by atoms with Gasteiger partial charge in [0.15, 0.2) is 12.4 Å². The highest BCUT2D eigenvalue weighted by molar-refractivity contribution is 5.75. The van der Waals surface area contributed by atoms with Gasteiger partial charge in [0.05, 0.1) is 6.10 Å². The maximum absolute atomic E-state index is 10.6. The Kier molecular flexibility index (Phi) is 9.58. The van der Waals surface area contributed by atoms with Crippen molar-refractivity contribution in [3.05, 3.63) is 0 Å². The van der Waals surface area contributed by atoms with Crippen molar-refractivity contribution in [1.82, 2.24) is 0 Å². The van der Waals surface area contributed by atoms with Crippen molar-refractivity contribution in [3.63, 3.8) is 0 Å². The van der Waals surface area contributed by atoms with Crippen LogP contribution >= 0.6 is 0 Å². The van der Waals surface area contributed by atoms with Crippen LogP contribution in [-0.2, 0) is 23.7 Å². The molecule has 124 valence electrons. The zero-order valence-corrected chi connectivity index (χ0v) is 13.1. The van der Waals surface area contributed by atoms with Gasteiger partial charge < -0.3 is 24.1 Å². The zero-order valence-electron chi connectivity index (χ0n) is 13.1. The lowest BCUT2D eigenvalue weighted by Gasteiger charge is -2.10. The van der Waals surface area contributed by atoms with E-state index >= 15 is 0 Å². The number of carbonyl (C=O) groups is 1. The third-order valence-electron chi connectivity index (χ3n) is 3.57. The highest BCUT2D eigenvalue weighted by Gasteiger charge is 2.44. The van der Waals surface area contributed by atoms with Crippen LogP contribution in [0.2, 0.25) is 0 Å². The molecule has 3 atom stereocenters. The van der Waals surface area contributed by atoms with Gasteiger partial charge in [-0.3, -0.25) is 0 Å². The molecule has 0 spiro atoms. The fraction of sp³-hybridized carbons (Fsp3) is 0.933. The van der Waals surface area contributed by atoms with Crippen LogP contribution in [0.5, 0.6) is 0 Å². The second kappa shape index (κ2) is 11.0. The quantitative estimate of drug-likeness (QED) is 0.302. The molecule has 21 heavy (non-hydrogen) atoms. The van der Waals surface area contributed by atoms with Gasteiger partial charge in [0.1, 0.15) is 6.79 Å². The molecule has 0 saturated carbocycles. The van der Waals surface area contributed by atoms with E-state index in [9.17, 15) is 4.79 Å². The SMILES string of the molecule is COC(C)OCOCCCCCCCC[C@@H]1O[C@H]1C(=O)O. The number of ether oxygens (including phenoxy) is 4. The van der Waals surface area contributed by atoms with E-state index < -0.39 is 12.1 Å². The summed E-state index contributed by atoms with van der Waals surface area (Å²) in [7, 11) is 1.60. The van der Waals surface area contributed by atoms with E-state index in [1.54, 1.807) is 7.11 Å². The third kappa shape index (κ3) is 9.03. The predicted octanol–water partition coefficient (Wildman–Crippen LogP) is 2.55. The lowest BCUT2D eigenvalue weighted by atomic mass is 10.1. The molecule has 1 fully saturated rings. The molecule has 1 aliphatic heterocycles. The van der Waals surface area contributed by atoms with Crippen LogP contribution in [0, 0.1) is 0 Å². The maximum atomic E-state index is 10.6. The maximum Gasteiger partial charge on any atom is 0.335 e. The van der Waals surface area contributed by atoms with Gasteiger partial charge in [-0.15, -0.1) is 0 Å². The Bertz CT molecular complexity index is 283. The molecule has 1 aliphatic rings. The van der Waals surface area contributed by atoms with Gasteiger partial charge in [-0.25, -0.2) is 4.79 Å². The van der Waals surface area contributed by atoms with Gasteiger partial charge in [-0.05, 0) is 19.8 Å². The highest BCUT2D eigenvalue weighted by atomic mass is 16.7. The standard InChI is InChI=1S/C15H28O6/c1-12(18-2)20-11-19-10-8-6-4-3-5-7-9-13-14(21-13)15(16)17/h12-14H,3-11H2,1-2H3,(H,16,17)/t12?,13-,14+/m0/s1. The molecule has 1 unspecified atom stereocenters. The summed E-state index contributed by atoms with van der Waals surface area (Å²) in [6, 6.07) is 0. The molecule has 0 aromatic rings. The summed E-state index contributed by atoms with van der Waals surface area (Å²) >= 11 is 0. The molecule has 0 aromatic heterocycles. The Morgan fingerprint density at radius 3 is 2.48 bits per heavy atom. The summed E-state index contributed by atoms with van der Waals surface area (Å²) in [5.41, 5.74) is 0. The summed E-state index contributed by atoms with van der Waals surface area (Å²) < 4.78 is 20.5. The predicted molar refractivity (Wildman–Crippen MR) is 77.0 cm³/mol. The van der Waals surface area contributed by atoms with Crippen molar-refractivity contribution in [3.8, 4) is 0 Å². The van der Waals surface area contributed by atoms with Gasteiger partial charge in [-0.2, -0.15) is 0 Å². The first-order valence-corrected chi connectivity index (χ1v) is 7.75. The molecule has 6 nitrogen and oxygen atoms in total. The molecule has 0 amide bonds. The highest BCUT2D eigenvalue weighted by Crippen LogP contribution is 2.27. The summed E-state index contributed by atoms with van der Waals surface area (Å²) in [5.74, 6) is -0.830. The van der Waals surface area contributed by atoms with Crippen molar-refractivity contribution in [1.29, 1.82) is 0 Å². The first-order valence-electron chi connectivity index (χ1n) is 7.75. The smallest absolute Gasteiger partial charge is 0.335 e. The second-order valence-electron chi connectivity index (χ2n) is 5.34. The average molecular weight is 304 g/mol. The van der Waals surface area contributed by atoms with Crippen molar-refractivity contribution < 1.29 is 28.8 Å². The van der Waals surface area contributed by atoms with Crippen molar-refractivity contribution in [2.24, 2.45) is 0 Å². The van der Waals surface area contributed by atoms with Gasteiger partial charge >= 0.3 is 5.97 Å². The van der Waals surface area contributed by atoms with Gasteiger partial charge in [0.25, 0.3) is 0 Å². The number of rotatable bonds is 14. The van der Waals surface area contributed by atoms with Gasteiger partial charge in [0.2, 0.25) is 0 Å². The fourth-order valence-electron chi connectivity index (χ4n) is 2.11. The Morgan fingerprint density at radius 1 is 1.19 bits per heavy atom. The third-order valence-corrected chi connectivity index (χ3v) is 3.57. The van der Waals surface area contributed by atoms with E-state index in [2.05, 4.69) is 0 Å². The normalized spacial score (nSPS) is 22.2. The molecule has 0 radical (unpaired) electrons. The van der Waals surface area contributed by atoms with Crippen LogP contribution in [0.1, 0.15) is 51.9 Å². The minimum atomic E-state index is -0.830. The molecule has 1 N–H and O–H groups in total.